The zero-order valence-corrected chi connectivity index (χ0v) is 52.0. The Morgan fingerprint density at radius 2 is 0.966 bits per heavy atom. The molecule has 0 bridgehead atoms. The standard InChI is InChI=1S/C48H78N2O36.2Na/c1-4-13-5-15(55)11(2)42(75-13)83-35-25(60)28(63)45(85-37(35)40(69)70)80-32-18(8-53)78-43(20(24(32)59)50-12(3)54)84-36-26(61)29(64)46(86-38(36)41(71)72)81-34-23(58)17(7-52)77-48(31(34)66)82-33-22(57)16(6-51)76-47(30(33)65)79-19-10-74-44(27(62)21(19)56)73-9-14(49)39(67)68;;/h11,13-38,42-48,51-53,55-66H,4-10,49H2,1-3H3,(H,50,54)(H,67,68)(H,69,70)(H,71,72);;/q;2*+1/p-2. The SMILES string of the molecule is CCC1CC(O)C(C)C(OC2C(C(=O)[O-])OC(OC3C(CO)OC(OC4C(C(=O)[O-])OC(OC5C(O)C(CO)OC(OC6C(O)C(CO)OC(OC7COC(OCC(N)C(=O)O)C(O)C7O)C6O)C5O)C(O)C4O)C(NC(C)=O)C3O)C(O)C2O)O1.[Na+].[Na+]. The van der Waals surface area contributed by atoms with Crippen LogP contribution in [0.3, 0.4) is 0 Å². The van der Waals surface area contributed by atoms with E-state index in [4.69, 9.17) is 77.2 Å². The number of carboxylic acid groups (broad SMARTS) is 3. The van der Waals surface area contributed by atoms with E-state index in [0.717, 1.165) is 6.92 Å². The van der Waals surface area contributed by atoms with Gasteiger partial charge in [-0.1, -0.05) is 13.8 Å². The number of carbonyl (C=O) groups is 4. The Hall–Kier alpha value is -1.32. The topological polar surface area (TPSA) is 605 Å². The Bertz CT molecular complexity index is 2230. The van der Waals surface area contributed by atoms with Crippen molar-refractivity contribution in [1.29, 1.82) is 0 Å². The van der Waals surface area contributed by atoms with Crippen LogP contribution in [0.5, 0.6) is 0 Å². The van der Waals surface area contributed by atoms with Crippen LogP contribution in [0.2, 0.25) is 0 Å². The van der Waals surface area contributed by atoms with Crippen molar-refractivity contribution in [3.05, 3.63) is 0 Å². The number of carbonyl (C=O) groups excluding carboxylic acids is 3. The van der Waals surface area contributed by atoms with Crippen LogP contribution in [0.1, 0.15) is 33.6 Å². The summed E-state index contributed by atoms with van der Waals surface area (Å²) in [4.78, 5) is 48.9. The number of aliphatic carboxylic acids is 3. The van der Waals surface area contributed by atoms with Gasteiger partial charge in [-0.15, -0.1) is 0 Å². The van der Waals surface area contributed by atoms with Crippen LogP contribution in [-0.2, 0) is 85.5 Å². The van der Waals surface area contributed by atoms with Crippen LogP contribution >= 0.6 is 0 Å². The van der Waals surface area contributed by atoms with E-state index in [2.05, 4.69) is 5.32 Å². The van der Waals surface area contributed by atoms with Crippen molar-refractivity contribution in [1.82, 2.24) is 5.32 Å². The largest absolute Gasteiger partial charge is 1.00 e. The van der Waals surface area contributed by atoms with Gasteiger partial charge in [-0.3, -0.25) is 9.59 Å². The molecule has 0 aromatic carbocycles. The first kappa shape index (κ1) is 77.4. The normalized spacial score (nSPS) is 46.9. The number of aliphatic hydroxyl groups is 15. The quantitative estimate of drug-likeness (QED) is 0.0422. The second kappa shape index (κ2) is 33.9. The fraction of sp³-hybridized carbons (Fsp3) is 0.917. The summed E-state index contributed by atoms with van der Waals surface area (Å²) in [5.74, 6) is -7.39. The number of ether oxygens (including phenoxy) is 14. The van der Waals surface area contributed by atoms with Gasteiger partial charge in [0.05, 0.1) is 57.2 Å². The van der Waals surface area contributed by atoms with E-state index in [1.165, 1.54) is 6.92 Å². The maximum absolute atomic E-state index is 12.8. The third kappa shape index (κ3) is 17.4. The van der Waals surface area contributed by atoms with Crippen LogP contribution in [0, 0.1) is 5.92 Å². The van der Waals surface area contributed by atoms with Gasteiger partial charge in [-0.2, -0.15) is 0 Å². The molecule has 0 radical (unpaired) electrons. The second-order valence-corrected chi connectivity index (χ2v) is 21.6. The van der Waals surface area contributed by atoms with Crippen LogP contribution in [0.15, 0.2) is 0 Å². The minimum atomic E-state index is -2.58. The van der Waals surface area contributed by atoms with Gasteiger partial charge in [0.2, 0.25) is 5.91 Å². The zero-order valence-electron chi connectivity index (χ0n) is 48.0. The van der Waals surface area contributed by atoms with Crippen LogP contribution < -0.4 is 80.4 Å². The molecule has 7 fully saturated rings. The summed E-state index contributed by atoms with van der Waals surface area (Å²) < 4.78 is 78.3. The minimum Gasteiger partial charge on any atom is -0.547 e. The molecule has 38 nitrogen and oxygen atoms in total. The fourth-order valence-electron chi connectivity index (χ4n) is 10.7. The molecule has 0 aromatic heterocycles. The molecule has 0 saturated carbocycles. The molecular formula is C48H76N2Na2O36. The Morgan fingerprint density at radius 3 is 1.42 bits per heavy atom. The molecule has 1 amide bonds. The van der Waals surface area contributed by atoms with Gasteiger partial charge >= 0.3 is 65.1 Å². The van der Waals surface area contributed by atoms with Gasteiger partial charge in [-0.25, -0.2) is 0 Å². The molecule has 0 aromatic rings. The molecule has 0 aliphatic carbocycles. The zero-order chi connectivity index (χ0) is 63.5. The first-order chi connectivity index (χ1) is 40.6. The number of hydrogen-bond donors (Lipinski definition) is 18. The minimum absolute atomic E-state index is 0. The van der Waals surface area contributed by atoms with Gasteiger partial charge < -0.3 is 179 Å². The number of aliphatic hydroxyl groups excluding tert-OH is 15. The van der Waals surface area contributed by atoms with Gasteiger partial charge in [0, 0.05) is 19.3 Å². The molecule has 7 rings (SSSR count). The average Bonchev–Trinajstić information content (AvgIpc) is 1.94. The first-order valence-electron chi connectivity index (χ1n) is 27.3. The Kier molecular flexibility index (Phi) is 29.8. The first-order valence-corrected chi connectivity index (χ1v) is 27.3. The van der Waals surface area contributed by atoms with Crippen LogP contribution in [0.25, 0.3) is 0 Å². The predicted molar refractivity (Wildman–Crippen MR) is 258 cm³/mol. The number of hydrogen-bond acceptors (Lipinski definition) is 36. The van der Waals surface area contributed by atoms with E-state index in [0.29, 0.717) is 6.42 Å². The molecule has 88 heavy (non-hydrogen) atoms. The summed E-state index contributed by atoms with van der Waals surface area (Å²) >= 11 is 0. The van der Waals surface area contributed by atoms with Crippen molar-refractivity contribution in [2.75, 3.05) is 33.0 Å². The van der Waals surface area contributed by atoms with E-state index >= 15 is 0 Å². The van der Waals surface area contributed by atoms with Gasteiger partial charge in [0.15, 0.2) is 44.0 Å². The van der Waals surface area contributed by atoms with Gasteiger partial charge in [-0.05, 0) is 6.42 Å². The molecule has 0 spiro atoms. The van der Waals surface area contributed by atoms with Crippen molar-refractivity contribution in [2.45, 2.75) is 236 Å². The van der Waals surface area contributed by atoms with E-state index in [9.17, 15) is 106 Å². The summed E-state index contributed by atoms with van der Waals surface area (Å²) in [5.41, 5.74) is 5.41. The smallest absolute Gasteiger partial charge is 0.547 e. The van der Waals surface area contributed by atoms with Crippen LogP contribution in [-0.4, -0.2) is 341 Å². The molecule has 40 heteroatoms. The molecule has 7 aliphatic rings. The van der Waals surface area contributed by atoms with E-state index in [-0.39, 0.29) is 65.5 Å². The molecule has 19 N–H and O–H groups in total. The second-order valence-electron chi connectivity index (χ2n) is 21.6. The third-order valence-electron chi connectivity index (χ3n) is 15.7. The summed E-state index contributed by atoms with van der Waals surface area (Å²) in [6.45, 7) is -0.346. The molecular weight excluding hydrogens is 1230 g/mol. The Morgan fingerprint density at radius 1 is 0.534 bits per heavy atom. The number of nitrogens with one attached hydrogen (secondary N) is 1. The van der Waals surface area contributed by atoms with Crippen molar-refractivity contribution >= 4 is 23.8 Å². The molecule has 34 unspecified atom stereocenters. The molecule has 7 heterocycles. The Balaban J connectivity index is 0.00000705. The van der Waals surface area contributed by atoms with Crippen LogP contribution in [0.4, 0.5) is 0 Å². The summed E-state index contributed by atoms with van der Waals surface area (Å²) in [7, 11) is 0. The van der Waals surface area contributed by atoms with Gasteiger partial charge in [0.1, 0.15) is 146 Å². The van der Waals surface area contributed by atoms with E-state index < -0.39 is 265 Å². The number of nitrogens with two attached hydrogens (primary N) is 1. The maximum atomic E-state index is 12.8. The number of rotatable bonds is 23. The molecule has 7 aliphatic heterocycles. The summed E-state index contributed by atoms with van der Waals surface area (Å²) in [6.07, 6.45) is -61.3. The average molecular weight is 1300 g/mol. The summed E-state index contributed by atoms with van der Waals surface area (Å²) in [5, 5.41) is 202. The molecule has 496 valence electrons. The fourth-order valence-corrected chi connectivity index (χ4v) is 10.7. The van der Waals surface area contributed by atoms with Crippen molar-refractivity contribution in [2.24, 2.45) is 11.7 Å². The number of amides is 1. The van der Waals surface area contributed by atoms with Crippen molar-refractivity contribution < 1.29 is 237 Å². The van der Waals surface area contributed by atoms with E-state index in [1.54, 1.807) is 6.92 Å². The van der Waals surface area contributed by atoms with Crippen molar-refractivity contribution in [3.63, 3.8) is 0 Å². The predicted octanol–water partition coefficient (Wildman–Crippen LogP) is -20.8. The Labute approximate surface area is 543 Å². The summed E-state index contributed by atoms with van der Waals surface area (Å²) in [6, 6.07) is -3.48. The van der Waals surface area contributed by atoms with Gasteiger partial charge in [0.25, 0.3) is 0 Å². The van der Waals surface area contributed by atoms with E-state index in [1.807, 2.05) is 0 Å². The maximum Gasteiger partial charge on any atom is 1.00 e. The van der Waals surface area contributed by atoms with Crippen molar-refractivity contribution in [3.8, 4) is 0 Å². The monoisotopic (exact) mass is 1300 g/mol. The number of carboxylic acids is 3. The third-order valence-corrected chi connectivity index (χ3v) is 15.7. The molecule has 34 atom stereocenters. The molecule has 7 saturated heterocycles.